The second kappa shape index (κ2) is 6.02. The highest BCUT2D eigenvalue weighted by Crippen LogP contribution is 2.19. The lowest BCUT2D eigenvalue weighted by Crippen LogP contribution is -2.13. The number of aryl methyl sites for hydroxylation is 1. The average Bonchev–Trinajstić information content (AvgIpc) is 2.71. The van der Waals surface area contributed by atoms with Gasteiger partial charge in [-0.05, 0) is 28.4 Å². The van der Waals surface area contributed by atoms with Crippen LogP contribution in [-0.2, 0) is 23.0 Å². The highest BCUT2D eigenvalue weighted by atomic mass is 79.9. The Balaban J connectivity index is 1.99. The summed E-state index contributed by atoms with van der Waals surface area (Å²) in [5.41, 5.74) is 1.80. The van der Waals surface area contributed by atoms with Crippen molar-refractivity contribution in [3.05, 3.63) is 52.3 Å². The van der Waals surface area contributed by atoms with Crippen molar-refractivity contribution in [1.82, 2.24) is 9.78 Å². The molecule has 0 N–H and O–H groups in total. The zero-order chi connectivity index (χ0) is 13.8. The van der Waals surface area contributed by atoms with Crippen molar-refractivity contribution in [3.63, 3.8) is 0 Å². The lowest BCUT2D eigenvalue weighted by atomic mass is 10.1. The van der Waals surface area contributed by atoms with Gasteiger partial charge >= 0.3 is 5.97 Å². The van der Waals surface area contributed by atoms with Crippen LogP contribution >= 0.6 is 15.9 Å². The summed E-state index contributed by atoms with van der Waals surface area (Å²) in [5.74, 6) is -0.263. The number of aromatic nitrogens is 2. The van der Waals surface area contributed by atoms with E-state index < -0.39 is 0 Å². The summed E-state index contributed by atoms with van der Waals surface area (Å²) in [5, 5.41) is 4.07. The molecule has 2 aromatic rings. The number of esters is 1. The van der Waals surface area contributed by atoms with Gasteiger partial charge in [0.1, 0.15) is 6.10 Å². The number of carbonyl (C=O) groups excluding carboxylic acids is 1. The van der Waals surface area contributed by atoms with Crippen molar-refractivity contribution >= 4 is 21.9 Å². The Kier molecular flexibility index (Phi) is 4.37. The van der Waals surface area contributed by atoms with Crippen molar-refractivity contribution in [2.45, 2.75) is 19.4 Å². The molecule has 0 aliphatic heterocycles. The molecule has 5 heteroatoms. The Morgan fingerprint density at radius 1 is 1.42 bits per heavy atom. The van der Waals surface area contributed by atoms with Crippen molar-refractivity contribution < 1.29 is 9.53 Å². The Labute approximate surface area is 120 Å². The number of hydrogen-bond acceptors (Lipinski definition) is 3. The maximum absolute atomic E-state index is 11.9. The van der Waals surface area contributed by atoms with Crippen molar-refractivity contribution in [2.75, 3.05) is 0 Å². The summed E-state index contributed by atoms with van der Waals surface area (Å²) in [7, 11) is 1.80. The summed E-state index contributed by atoms with van der Waals surface area (Å²) >= 11 is 3.37. The standard InChI is InChI=1S/C14H15BrN2O2/c1-10(11-6-4-3-5-7-11)19-14(18)8-13-12(15)9-16-17(13)2/h3-7,9-10H,8H2,1-2H3/t10-/m1/s1. The minimum Gasteiger partial charge on any atom is -0.457 e. The van der Waals surface area contributed by atoms with E-state index in [4.69, 9.17) is 4.74 Å². The third kappa shape index (κ3) is 3.44. The average molecular weight is 323 g/mol. The first kappa shape index (κ1) is 13.8. The predicted molar refractivity (Wildman–Crippen MR) is 75.6 cm³/mol. The molecule has 0 saturated carbocycles. The number of hydrogen-bond donors (Lipinski definition) is 0. The molecule has 1 heterocycles. The smallest absolute Gasteiger partial charge is 0.312 e. The van der Waals surface area contributed by atoms with E-state index in [2.05, 4.69) is 21.0 Å². The van der Waals surface area contributed by atoms with Crippen molar-refractivity contribution in [3.8, 4) is 0 Å². The monoisotopic (exact) mass is 322 g/mol. The second-order valence-electron chi connectivity index (χ2n) is 4.28. The van der Waals surface area contributed by atoms with Gasteiger partial charge in [-0.15, -0.1) is 0 Å². The van der Waals surface area contributed by atoms with Crippen LogP contribution in [0.2, 0.25) is 0 Å². The number of ether oxygens (including phenoxy) is 1. The molecule has 0 amide bonds. The van der Waals surface area contributed by atoms with Crippen LogP contribution in [0.1, 0.15) is 24.3 Å². The fraction of sp³-hybridized carbons (Fsp3) is 0.286. The highest BCUT2D eigenvalue weighted by molar-refractivity contribution is 9.10. The van der Waals surface area contributed by atoms with E-state index in [-0.39, 0.29) is 18.5 Å². The van der Waals surface area contributed by atoms with Gasteiger partial charge in [0.15, 0.2) is 0 Å². The molecule has 4 nitrogen and oxygen atoms in total. The largest absolute Gasteiger partial charge is 0.457 e. The van der Waals surface area contributed by atoms with Crippen molar-refractivity contribution in [1.29, 1.82) is 0 Å². The number of benzene rings is 1. The van der Waals surface area contributed by atoms with E-state index >= 15 is 0 Å². The minimum atomic E-state index is -0.263. The topological polar surface area (TPSA) is 44.1 Å². The van der Waals surface area contributed by atoms with Crippen LogP contribution in [-0.4, -0.2) is 15.7 Å². The van der Waals surface area contributed by atoms with E-state index in [1.165, 1.54) is 0 Å². The number of rotatable bonds is 4. The summed E-state index contributed by atoms with van der Waals surface area (Å²) in [6.07, 6.45) is 1.62. The van der Waals surface area contributed by atoms with Gasteiger partial charge in [-0.2, -0.15) is 5.10 Å². The molecule has 1 atom stereocenters. The van der Waals surface area contributed by atoms with Crippen LogP contribution in [0.4, 0.5) is 0 Å². The molecule has 2 rings (SSSR count). The molecule has 0 aliphatic rings. The third-order valence-corrected chi connectivity index (χ3v) is 3.56. The molecule has 0 saturated heterocycles. The summed E-state index contributed by atoms with van der Waals surface area (Å²) in [6, 6.07) is 9.68. The molecule has 0 spiro atoms. The van der Waals surface area contributed by atoms with Crippen LogP contribution in [0.5, 0.6) is 0 Å². The maximum Gasteiger partial charge on any atom is 0.312 e. The second-order valence-corrected chi connectivity index (χ2v) is 5.14. The summed E-state index contributed by atoms with van der Waals surface area (Å²) < 4.78 is 7.90. The first-order valence-corrected chi connectivity index (χ1v) is 6.78. The zero-order valence-electron chi connectivity index (χ0n) is 10.8. The van der Waals surface area contributed by atoms with Gasteiger partial charge in [0.25, 0.3) is 0 Å². The predicted octanol–water partition coefficient (Wildman–Crippen LogP) is 3.03. The van der Waals surface area contributed by atoms with Gasteiger partial charge < -0.3 is 4.74 Å². The van der Waals surface area contributed by atoms with Crippen LogP contribution in [0, 0.1) is 0 Å². The maximum atomic E-state index is 11.9. The van der Waals surface area contributed by atoms with E-state index in [1.807, 2.05) is 37.3 Å². The first-order valence-electron chi connectivity index (χ1n) is 5.98. The summed E-state index contributed by atoms with van der Waals surface area (Å²) in [6.45, 7) is 1.87. The lowest BCUT2D eigenvalue weighted by molar-refractivity contribution is -0.147. The molecule has 1 aromatic carbocycles. The number of carbonyl (C=O) groups is 1. The molecule has 19 heavy (non-hydrogen) atoms. The normalized spacial score (nSPS) is 12.2. The first-order chi connectivity index (χ1) is 9.08. The van der Waals surface area contributed by atoms with Crippen LogP contribution in [0.3, 0.4) is 0 Å². The van der Waals surface area contributed by atoms with Gasteiger partial charge in [0.05, 0.1) is 22.8 Å². The molecule has 100 valence electrons. The van der Waals surface area contributed by atoms with E-state index in [0.29, 0.717) is 0 Å². The lowest BCUT2D eigenvalue weighted by Gasteiger charge is -2.13. The molecule has 0 unspecified atom stereocenters. The van der Waals surface area contributed by atoms with Gasteiger partial charge in [0, 0.05) is 7.05 Å². The molecule has 0 aliphatic carbocycles. The van der Waals surface area contributed by atoms with Gasteiger partial charge in [-0.1, -0.05) is 30.3 Å². The number of nitrogens with zero attached hydrogens (tertiary/aromatic N) is 2. The molecule has 0 radical (unpaired) electrons. The van der Waals surface area contributed by atoms with Crippen LogP contribution in [0.15, 0.2) is 41.0 Å². The number of halogens is 1. The van der Waals surface area contributed by atoms with Gasteiger partial charge in [0.2, 0.25) is 0 Å². The minimum absolute atomic E-state index is 0.203. The Hall–Kier alpha value is -1.62. The fourth-order valence-corrected chi connectivity index (χ4v) is 2.29. The Morgan fingerprint density at radius 3 is 2.68 bits per heavy atom. The Morgan fingerprint density at radius 2 is 2.11 bits per heavy atom. The van der Waals surface area contributed by atoms with Crippen LogP contribution in [0.25, 0.3) is 0 Å². The molecule has 0 fully saturated rings. The van der Waals surface area contributed by atoms with Crippen LogP contribution < -0.4 is 0 Å². The molecule has 0 bridgehead atoms. The van der Waals surface area contributed by atoms with Gasteiger partial charge in [-0.3, -0.25) is 9.48 Å². The molecular weight excluding hydrogens is 308 g/mol. The fourth-order valence-electron chi connectivity index (χ4n) is 1.80. The highest BCUT2D eigenvalue weighted by Gasteiger charge is 2.15. The quantitative estimate of drug-likeness (QED) is 0.813. The van der Waals surface area contributed by atoms with E-state index in [0.717, 1.165) is 15.7 Å². The van der Waals surface area contributed by atoms with Crippen molar-refractivity contribution in [2.24, 2.45) is 7.05 Å². The summed E-state index contributed by atoms with van der Waals surface area (Å²) in [4.78, 5) is 11.9. The SMILES string of the molecule is C[C@@H](OC(=O)Cc1c(Br)cnn1C)c1ccccc1. The van der Waals surface area contributed by atoms with E-state index in [9.17, 15) is 4.79 Å². The molecular formula is C14H15BrN2O2. The third-order valence-electron chi connectivity index (χ3n) is 2.90. The van der Waals surface area contributed by atoms with E-state index in [1.54, 1.807) is 17.9 Å². The zero-order valence-corrected chi connectivity index (χ0v) is 12.4. The Bertz CT molecular complexity index is 547. The molecule has 1 aromatic heterocycles. The van der Waals surface area contributed by atoms with Gasteiger partial charge in [-0.25, -0.2) is 0 Å².